The molecular formula is C28H41FN2O. The maximum absolute atomic E-state index is 14.6. The van der Waals surface area contributed by atoms with Gasteiger partial charge in [-0.05, 0) is 55.4 Å². The molecule has 1 aliphatic carbocycles. The van der Waals surface area contributed by atoms with Crippen LogP contribution in [-0.2, 0) is 6.42 Å². The molecule has 176 valence electrons. The first-order valence-electron chi connectivity index (χ1n) is 12.9. The summed E-state index contributed by atoms with van der Waals surface area (Å²) in [6.07, 6.45) is 16.5. The van der Waals surface area contributed by atoms with Crippen LogP contribution in [0.15, 0.2) is 30.3 Å². The largest absolute Gasteiger partial charge is 0.493 e. The van der Waals surface area contributed by atoms with Crippen molar-refractivity contribution in [3.63, 3.8) is 0 Å². The van der Waals surface area contributed by atoms with E-state index in [1.807, 2.05) is 18.2 Å². The Morgan fingerprint density at radius 2 is 1.56 bits per heavy atom. The van der Waals surface area contributed by atoms with Crippen molar-refractivity contribution >= 4 is 0 Å². The highest BCUT2D eigenvalue weighted by Gasteiger charge is 2.21. The van der Waals surface area contributed by atoms with Gasteiger partial charge in [0, 0.05) is 11.6 Å². The van der Waals surface area contributed by atoms with Gasteiger partial charge >= 0.3 is 0 Å². The molecule has 0 atom stereocenters. The van der Waals surface area contributed by atoms with E-state index in [1.165, 1.54) is 63.9 Å². The van der Waals surface area contributed by atoms with Crippen LogP contribution in [0.5, 0.6) is 5.75 Å². The van der Waals surface area contributed by atoms with Crippen molar-refractivity contribution in [1.29, 1.82) is 0 Å². The summed E-state index contributed by atoms with van der Waals surface area (Å²) >= 11 is 0. The van der Waals surface area contributed by atoms with Gasteiger partial charge in [-0.1, -0.05) is 78.1 Å². The van der Waals surface area contributed by atoms with Crippen molar-refractivity contribution in [2.75, 3.05) is 6.61 Å². The van der Waals surface area contributed by atoms with E-state index in [9.17, 15) is 4.39 Å². The summed E-state index contributed by atoms with van der Waals surface area (Å²) < 4.78 is 20.2. The van der Waals surface area contributed by atoms with E-state index in [1.54, 1.807) is 6.07 Å². The van der Waals surface area contributed by atoms with Crippen molar-refractivity contribution in [1.82, 2.24) is 10.2 Å². The molecule has 0 bridgehead atoms. The van der Waals surface area contributed by atoms with Crippen molar-refractivity contribution in [3.05, 3.63) is 41.8 Å². The van der Waals surface area contributed by atoms with Gasteiger partial charge in [0.25, 0.3) is 0 Å². The van der Waals surface area contributed by atoms with Crippen LogP contribution in [-0.4, -0.2) is 16.8 Å². The van der Waals surface area contributed by atoms with E-state index in [4.69, 9.17) is 4.74 Å². The van der Waals surface area contributed by atoms with Crippen LogP contribution in [0, 0.1) is 17.7 Å². The van der Waals surface area contributed by atoms with Crippen LogP contribution in [0.1, 0.15) is 96.6 Å². The minimum atomic E-state index is -0.310. The minimum absolute atomic E-state index is 0.310. The zero-order chi connectivity index (χ0) is 22.6. The lowest BCUT2D eigenvalue weighted by Crippen LogP contribution is -2.15. The van der Waals surface area contributed by atoms with Crippen LogP contribution in [0.3, 0.4) is 0 Å². The van der Waals surface area contributed by atoms with Gasteiger partial charge in [-0.2, -0.15) is 10.2 Å². The molecule has 1 saturated carbocycles. The molecule has 2 aromatic rings. The third-order valence-electron chi connectivity index (χ3n) is 6.94. The first-order valence-corrected chi connectivity index (χ1v) is 12.9. The first kappa shape index (κ1) is 24.7. The van der Waals surface area contributed by atoms with Crippen LogP contribution in [0.4, 0.5) is 4.39 Å². The highest BCUT2D eigenvalue weighted by atomic mass is 19.1. The highest BCUT2D eigenvalue weighted by molar-refractivity contribution is 5.60. The summed E-state index contributed by atoms with van der Waals surface area (Å²) in [4.78, 5) is 0. The van der Waals surface area contributed by atoms with Crippen LogP contribution in [0.2, 0.25) is 0 Å². The van der Waals surface area contributed by atoms with E-state index in [0.29, 0.717) is 23.6 Å². The predicted molar refractivity (Wildman–Crippen MR) is 130 cm³/mol. The van der Waals surface area contributed by atoms with Gasteiger partial charge in [0.1, 0.15) is 11.6 Å². The van der Waals surface area contributed by atoms with Gasteiger partial charge in [0.2, 0.25) is 0 Å². The molecule has 1 heterocycles. The number of aryl methyl sites for hydroxylation is 1. The Bertz CT molecular complexity index is 785. The maximum atomic E-state index is 14.6. The molecule has 1 aromatic heterocycles. The summed E-state index contributed by atoms with van der Waals surface area (Å²) in [7, 11) is 0. The van der Waals surface area contributed by atoms with Gasteiger partial charge in [0.15, 0.2) is 0 Å². The normalized spacial score (nSPS) is 18.6. The zero-order valence-electron chi connectivity index (χ0n) is 20.1. The SMILES string of the molecule is CCCCCOc1ccc(-c2ccc(CCC3CCC(CCCCC)CC3)nn2)c(F)c1. The number of rotatable bonds is 13. The zero-order valence-corrected chi connectivity index (χ0v) is 20.1. The molecule has 1 fully saturated rings. The Morgan fingerprint density at radius 1 is 0.844 bits per heavy atom. The lowest BCUT2D eigenvalue weighted by molar-refractivity contribution is 0.248. The fourth-order valence-electron chi connectivity index (χ4n) is 4.82. The predicted octanol–water partition coefficient (Wildman–Crippen LogP) is 8.17. The third-order valence-corrected chi connectivity index (χ3v) is 6.94. The fourth-order valence-corrected chi connectivity index (χ4v) is 4.82. The molecule has 0 spiro atoms. The van der Waals surface area contributed by atoms with E-state index in [-0.39, 0.29) is 5.82 Å². The van der Waals surface area contributed by atoms with E-state index in [2.05, 4.69) is 24.0 Å². The highest BCUT2D eigenvalue weighted by Crippen LogP contribution is 2.34. The van der Waals surface area contributed by atoms with Gasteiger partial charge < -0.3 is 4.74 Å². The Hall–Kier alpha value is -1.97. The van der Waals surface area contributed by atoms with Gasteiger partial charge in [-0.3, -0.25) is 0 Å². The van der Waals surface area contributed by atoms with Crippen molar-refractivity contribution in [3.8, 4) is 17.0 Å². The molecule has 0 saturated heterocycles. The summed E-state index contributed by atoms with van der Waals surface area (Å²) in [5.74, 6) is 2.05. The van der Waals surface area contributed by atoms with E-state index < -0.39 is 0 Å². The molecular weight excluding hydrogens is 399 g/mol. The second-order valence-electron chi connectivity index (χ2n) is 9.53. The number of aromatic nitrogens is 2. The quantitative estimate of drug-likeness (QED) is 0.295. The molecule has 1 aromatic carbocycles. The second kappa shape index (κ2) is 13.5. The van der Waals surface area contributed by atoms with Gasteiger partial charge in [0.05, 0.1) is 18.0 Å². The first-order chi connectivity index (χ1) is 15.7. The standard InChI is InChI=1S/C28H41FN2O/c1-3-5-7-9-22-10-12-23(13-11-22)14-15-24-16-19-28(31-30-24)26-18-17-25(21-27(26)29)32-20-8-6-4-2/h16-19,21-23H,3-15,20H2,1-2H3. The molecule has 0 unspecified atom stereocenters. The van der Waals surface area contributed by atoms with E-state index >= 15 is 0 Å². The average molecular weight is 441 g/mol. The fraction of sp³-hybridized carbons (Fsp3) is 0.643. The Labute approximate surface area is 194 Å². The molecule has 32 heavy (non-hydrogen) atoms. The molecule has 0 N–H and O–H groups in total. The molecule has 0 aliphatic heterocycles. The lowest BCUT2D eigenvalue weighted by atomic mass is 9.78. The Balaban J connectivity index is 1.44. The number of halogens is 1. The monoisotopic (exact) mass is 440 g/mol. The number of ether oxygens (including phenoxy) is 1. The molecule has 1 aliphatic rings. The molecule has 0 amide bonds. The third kappa shape index (κ3) is 7.86. The van der Waals surface area contributed by atoms with Gasteiger partial charge in [-0.25, -0.2) is 4.39 Å². The number of hydrogen-bond acceptors (Lipinski definition) is 3. The molecule has 4 heteroatoms. The summed E-state index contributed by atoms with van der Waals surface area (Å²) in [6.45, 7) is 5.06. The minimum Gasteiger partial charge on any atom is -0.493 e. The topological polar surface area (TPSA) is 35.0 Å². The molecule has 3 rings (SSSR count). The average Bonchev–Trinajstić information content (AvgIpc) is 2.82. The van der Waals surface area contributed by atoms with Crippen molar-refractivity contribution in [2.45, 2.75) is 97.3 Å². The summed E-state index contributed by atoms with van der Waals surface area (Å²) in [6, 6.07) is 8.92. The number of unbranched alkanes of at least 4 members (excludes halogenated alkanes) is 4. The van der Waals surface area contributed by atoms with Crippen LogP contribution >= 0.6 is 0 Å². The number of nitrogens with zero attached hydrogens (tertiary/aromatic N) is 2. The maximum Gasteiger partial charge on any atom is 0.136 e. The van der Waals surface area contributed by atoms with Crippen molar-refractivity contribution in [2.24, 2.45) is 11.8 Å². The summed E-state index contributed by atoms with van der Waals surface area (Å²) in [5, 5.41) is 8.70. The van der Waals surface area contributed by atoms with E-state index in [0.717, 1.165) is 43.2 Å². The Kier molecular flexibility index (Phi) is 10.4. The lowest BCUT2D eigenvalue weighted by Gasteiger charge is -2.28. The molecule has 0 radical (unpaired) electrons. The Morgan fingerprint density at radius 3 is 2.22 bits per heavy atom. The van der Waals surface area contributed by atoms with Crippen LogP contribution in [0.25, 0.3) is 11.3 Å². The van der Waals surface area contributed by atoms with Gasteiger partial charge in [-0.15, -0.1) is 0 Å². The second-order valence-corrected chi connectivity index (χ2v) is 9.53. The van der Waals surface area contributed by atoms with Crippen LogP contribution < -0.4 is 4.74 Å². The number of hydrogen-bond donors (Lipinski definition) is 0. The summed E-state index contributed by atoms with van der Waals surface area (Å²) in [5.41, 5.74) is 2.07. The number of benzene rings is 1. The van der Waals surface area contributed by atoms with Crippen molar-refractivity contribution < 1.29 is 9.13 Å². The smallest absolute Gasteiger partial charge is 0.136 e. The molecule has 3 nitrogen and oxygen atoms in total.